The van der Waals surface area contributed by atoms with Crippen LogP contribution in [-0.2, 0) is 17.9 Å². The molecule has 17 heavy (non-hydrogen) atoms. The van der Waals surface area contributed by atoms with Gasteiger partial charge in [-0.25, -0.2) is 4.98 Å². The number of carbonyl (C=O) groups excluding carboxylic acids is 1. The molecule has 1 rings (SSSR count). The fourth-order valence-corrected chi connectivity index (χ4v) is 1.46. The van der Waals surface area contributed by atoms with E-state index < -0.39 is 0 Å². The highest BCUT2D eigenvalue weighted by atomic mass is 16.2. The van der Waals surface area contributed by atoms with Gasteiger partial charge in [-0.3, -0.25) is 4.79 Å². The standard InChI is InChI=1S/C12H22N4O/c1-4-6-13-8-11-9-16(10-14-11)7-5-12(17)15(2)3/h9-10,13H,4-8H2,1-3H3. The highest BCUT2D eigenvalue weighted by Crippen LogP contribution is 1.99. The molecule has 0 saturated heterocycles. The summed E-state index contributed by atoms with van der Waals surface area (Å²) in [7, 11) is 3.55. The highest BCUT2D eigenvalue weighted by Gasteiger charge is 2.04. The van der Waals surface area contributed by atoms with Crippen LogP contribution in [0.1, 0.15) is 25.5 Å². The first-order valence-electron chi connectivity index (χ1n) is 6.05. The van der Waals surface area contributed by atoms with Crippen LogP contribution in [0.5, 0.6) is 0 Å². The minimum atomic E-state index is 0.143. The Kier molecular flexibility index (Phi) is 5.69. The Hall–Kier alpha value is -1.36. The van der Waals surface area contributed by atoms with Crippen molar-refractivity contribution in [3.8, 4) is 0 Å². The number of imidazole rings is 1. The van der Waals surface area contributed by atoms with E-state index in [0.29, 0.717) is 13.0 Å². The quantitative estimate of drug-likeness (QED) is 0.717. The first kappa shape index (κ1) is 13.7. The number of carbonyl (C=O) groups is 1. The third-order valence-electron chi connectivity index (χ3n) is 2.50. The lowest BCUT2D eigenvalue weighted by molar-refractivity contribution is -0.128. The van der Waals surface area contributed by atoms with Gasteiger partial charge in [-0.15, -0.1) is 0 Å². The van der Waals surface area contributed by atoms with Crippen molar-refractivity contribution in [2.75, 3.05) is 20.6 Å². The van der Waals surface area contributed by atoms with Gasteiger partial charge in [-0.2, -0.15) is 0 Å². The van der Waals surface area contributed by atoms with E-state index in [1.807, 2.05) is 10.8 Å². The van der Waals surface area contributed by atoms with Gasteiger partial charge in [-0.05, 0) is 13.0 Å². The molecule has 96 valence electrons. The van der Waals surface area contributed by atoms with Gasteiger partial charge in [0.05, 0.1) is 12.0 Å². The molecule has 5 heteroatoms. The SMILES string of the molecule is CCCNCc1cn(CCC(=O)N(C)C)cn1. The monoisotopic (exact) mass is 238 g/mol. The normalized spacial score (nSPS) is 10.5. The van der Waals surface area contributed by atoms with Gasteiger partial charge in [0, 0.05) is 39.8 Å². The second-order valence-corrected chi connectivity index (χ2v) is 4.32. The molecule has 1 aromatic rings. The van der Waals surface area contributed by atoms with Gasteiger partial charge in [0.25, 0.3) is 0 Å². The van der Waals surface area contributed by atoms with Crippen LogP contribution in [0.4, 0.5) is 0 Å². The predicted octanol–water partition coefficient (Wildman–Crippen LogP) is 0.861. The minimum absolute atomic E-state index is 0.143. The van der Waals surface area contributed by atoms with E-state index in [9.17, 15) is 4.79 Å². The molecule has 1 heterocycles. The number of amides is 1. The number of hydrogen-bond acceptors (Lipinski definition) is 3. The summed E-state index contributed by atoms with van der Waals surface area (Å²) >= 11 is 0. The number of hydrogen-bond donors (Lipinski definition) is 1. The zero-order valence-corrected chi connectivity index (χ0v) is 10.9. The van der Waals surface area contributed by atoms with Crippen molar-refractivity contribution < 1.29 is 4.79 Å². The van der Waals surface area contributed by atoms with Gasteiger partial charge in [0.2, 0.25) is 5.91 Å². The first-order chi connectivity index (χ1) is 8.13. The van der Waals surface area contributed by atoms with Gasteiger partial charge < -0.3 is 14.8 Å². The molecule has 1 amide bonds. The molecular weight excluding hydrogens is 216 g/mol. The van der Waals surface area contributed by atoms with E-state index in [0.717, 1.165) is 25.2 Å². The molecule has 5 nitrogen and oxygen atoms in total. The lowest BCUT2D eigenvalue weighted by Gasteiger charge is -2.09. The Morgan fingerprint density at radius 1 is 1.53 bits per heavy atom. The summed E-state index contributed by atoms with van der Waals surface area (Å²) in [5, 5.41) is 3.30. The van der Waals surface area contributed by atoms with E-state index in [4.69, 9.17) is 0 Å². The van der Waals surface area contributed by atoms with Gasteiger partial charge >= 0.3 is 0 Å². The van der Waals surface area contributed by atoms with Crippen LogP contribution >= 0.6 is 0 Å². The Balaban J connectivity index is 2.33. The van der Waals surface area contributed by atoms with Crippen LogP contribution < -0.4 is 5.32 Å². The Morgan fingerprint density at radius 2 is 2.29 bits per heavy atom. The largest absolute Gasteiger partial charge is 0.349 e. The second-order valence-electron chi connectivity index (χ2n) is 4.32. The Labute approximate surface area is 103 Å². The molecule has 0 bridgehead atoms. The summed E-state index contributed by atoms with van der Waals surface area (Å²) < 4.78 is 1.96. The van der Waals surface area contributed by atoms with Crippen LogP contribution in [0.25, 0.3) is 0 Å². The summed E-state index contributed by atoms with van der Waals surface area (Å²) in [4.78, 5) is 17.3. The molecule has 0 atom stereocenters. The smallest absolute Gasteiger partial charge is 0.223 e. The predicted molar refractivity (Wildman–Crippen MR) is 67.5 cm³/mol. The molecule has 0 saturated carbocycles. The molecule has 0 unspecified atom stereocenters. The molecule has 0 spiro atoms. The van der Waals surface area contributed by atoms with Crippen molar-refractivity contribution in [3.05, 3.63) is 18.2 Å². The van der Waals surface area contributed by atoms with Crippen molar-refractivity contribution in [3.63, 3.8) is 0 Å². The molecule has 0 aliphatic carbocycles. The van der Waals surface area contributed by atoms with Gasteiger partial charge in [0.15, 0.2) is 0 Å². The van der Waals surface area contributed by atoms with Crippen LogP contribution in [0.2, 0.25) is 0 Å². The fraction of sp³-hybridized carbons (Fsp3) is 0.667. The number of nitrogens with zero attached hydrogens (tertiary/aromatic N) is 3. The molecule has 1 N–H and O–H groups in total. The summed E-state index contributed by atoms with van der Waals surface area (Å²) in [6, 6.07) is 0. The molecule has 0 radical (unpaired) electrons. The maximum atomic E-state index is 11.4. The Morgan fingerprint density at radius 3 is 2.94 bits per heavy atom. The van der Waals surface area contributed by atoms with Gasteiger partial charge in [0.1, 0.15) is 0 Å². The lowest BCUT2D eigenvalue weighted by atomic mass is 10.4. The molecule has 0 aliphatic heterocycles. The third kappa shape index (κ3) is 4.99. The van der Waals surface area contributed by atoms with Crippen molar-refractivity contribution in [1.29, 1.82) is 0 Å². The maximum absolute atomic E-state index is 11.4. The number of nitrogens with one attached hydrogen (secondary N) is 1. The van der Waals surface area contributed by atoms with Gasteiger partial charge in [-0.1, -0.05) is 6.92 Å². The third-order valence-corrected chi connectivity index (χ3v) is 2.50. The van der Waals surface area contributed by atoms with E-state index in [1.54, 1.807) is 25.3 Å². The summed E-state index contributed by atoms with van der Waals surface area (Å²) in [6.07, 6.45) is 5.42. The Bertz CT molecular complexity index is 346. The molecule has 0 fully saturated rings. The number of aryl methyl sites for hydroxylation is 1. The average molecular weight is 238 g/mol. The molecule has 0 aliphatic rings. The zero-order chi connectivity index (χ0) is 12.7. The van der Waals surface area contributed by atoms with Crippen LogP contribution in [-0.4, -0.2) is 41.0 Å². The summed E-state index contributed by atoms with van der Waals surface area (Å²) in [5.41, 5.74) is 1.02. The lowest BCUT2D eigenvalue weighted by Crippen LogP contribution is -2.22. The molecule has 1 aromatic heterocycles. The summed E-state index contributed by atoms with van der Waals surface area (Å²) in [5.74, 6) is 0.143. The molecular formula is C12H22N4O. The van der Waals surface area contributed by atoms with E-state index in [-0.39, 0.29) is 5.91 Å². The van der Waals surface area contributed by atoms with Crippen molar-refractivity contribution in [2.45, 2.75) is 32.9 Å². The van der Waals surface area contributed by atoms with Crippen LogP contribution in [0.3, 0.4) is 0 Å². The minimum Gasteiger partial charge on any atom is -0.349 e. The van der Waals surface area contributed by atoms with Crippen LogP contribution in [0, 0.1) is 0 Å². The number of aromatic nitrogens is 2. The summed E-state index contributed by atoms with van der Waals surface area (Å²) in [6.45, 7) is 4.63. The van der Waals surface area contributed by atoms with E-state index in [1.165, 1.54) is 0 Å². The average Bonchev–Trinajstić information content (AvgIpc) is 2.74. The van der Waals surface area contributed by atoms with Crippen molar-refractivity contribution in [2.24, 2.45) is 0 Å². The maximum Gasteiger partial charge on any atom is 0.223 e. The molecule has 0 aromatic carbocycles. The topological polar surface area (TPSA) is 50.2 Å². The second kappa shape index (κ2) is 7.06. The highest BCUT2D eigenvalue weighted by molar-refractivity contribution is 5.75. The van der Waals surface area contributed by atoms with E-state index in [2.05, 4.69) is 17.2 Å². The first-order valence-corrected chi connectivity index (χ1v) is 6.05. The zero-order valence-electron chi connectivity index (χ0n) is 10.9. The van der Waals surface area contributed by atoms with Crippen molar-refractivity contribution in [1.82, 2.24) is 19.8 Å². The fourth-order valence-electron chi connectivity index (χ4n) is 1.46. The van der Waals surface area contributed by atoms with Crippen LogP contribution in [0.15, 0.2) is 12.5 Å². The van der Waals surface area contributed by atoms with E-state index >= 15 is 0 Å². The number of rotatable bonds is 7. The van der Waals surface area contributed by atoms with Crippen molar-refractivity contribution >= 4 is 5.91 Å².